The Bertz CT molecular complexity index is 466. The van der Waals surface area contributed by atoms with E-state index in [-0.39, 0.29) is 10.6 Å². The van der Waals surface area contributed by atoms with Gasteiger partial charge in [0.25, 0.3) is 0 Å². The number of benzene rings is 1. The third-order valence-corrected chi connectivity index (χ3v) is 5.39. The van der Waals surface area contributed by atoms with E-state index in [9.17, 15) is 9.65 Å². The molecule has 0 heterocycles. The molecule has 1 saturated carbocycles. The van der Waals surface area contributed by atoms with E-state index in [1.807, 2.05) is 6.07 Å². The molecule has 0 unspecified atom stereocenters. The molecule has 0 bridgehead atoms. The van der Waals surface area contributed by atoms with Crippen LogP contribution in [0.5, 0.6) is 0 Å². The van der Waals surface area contributed by atoms with E-state index in [0.29, 0.717) is 5.41 Å². The van der Waals surface area contributed by atoms with Crippen molar-refractivity contribution in [1.82, 2.24) is 0 Å². The topological polar surface area (TPSA) is 23.8 Å². The van der Waals surface area contributed by atoms with Gasteiger partial charge in [0.05, 0.1) is 6.07 Å². The summed E-state index contributed by atoms with van der Waals surface area (Å²) in [6, 6.07) is 8.98. The second kappa shape index (κ2) is 4.93. The molecule has 2 rings (SSSR count). The quantitative estimate of drug-likeness (QED) is 0.780. The van der Waals surface area contributed by atoms with Gasteiger partial charge in [-0.15, -0.1) is 11.8 Å². The molecule has 0 aromatic heterocycles. The van der Waals surface area contributed by atoms with Crippen LogP contribution in [0.15, 0.2) is 29.2 Å². The first-order valence-electron chi connectivity index (χ1n) is 6.43. The molecule has 0 radical (unpaired) electrons. The molecule has 0 amide bonds. The third kappa shape index (κ3) is 2.40. The van der Waals surface area contributed by atoms with E-state index in [4.69, 9.17) is 0 Å². The second-order valence-corrected chi connectivity index (χ2v) is 6.68. The Hall–Kier alpha value is -1.01. The molecule has 1 aromatic carbocycles. The van der Waals surface area contributed by atoms with Crippen molar-refractivity contribution in [3.63, 3.8) is 0 Å². The molecule has 96 valence electrons. The van der Waals surface area contributed by atoms with Crippen LogP contribution in [-0.4, -0.2) is 4.75 Å². The summed E-state index contributed by atoms with van der Waals surface area (Å²) >= 11 is 1.52. The first-order chi connectivity index (χ1) is 8.57. The first-order valence-corrected chi connectivity index (χ1v) is 7.24. The lowest BCUT2D eigenvalue weighted by atomic mass is 9.59. The predicted octanol–water partition coefficient (Wildman–Crippen LogP) is 4.78. The average Bonchev–Trinajstić information content (AvgIpc) is 2.33. The Morgan fingerprint density at radius 3 is 2.50 bits per heavy atom. The first kappa shape index (κ1) is 13.4. The highest BCUT2D eigenvalue weighted by molar-refractivity contribution is 8.01. The summed E-state index contributed by atoms with van der Waals surface area (Å²) in [7, 11) is 0. The number of nitriles is 1. The molecule has 1 aliphatic carbocycles. The summed E-state index contributed by atoms with van der Waals surface area (Å²) in [5.74, 6) is -0.232. The number of nitrogens with zero attached hydrogens (tertiary/aromatic N) is 1. The minimum absolute atomic E-state index is 0.232. The van der Waals surface area contributed by atoms with E-state index in [0.717, 1.165) is 30.6 Å². The van der Waals surface area contributed by atoms with Gasteiger partial charge in [-0.3, -0.25) is 0 Å². The number of hydrogen-bond acceptors (Lipinski definition) is 2. The van der Waals surface area contributed by atoms with Crippen molar-refractivity contribution >= 4 is 11.8 Å². The minimum atomic E-state index is -0.347. The van der Waals surface area contributed by atoms with Gasteiger partial charge >= 0.3 is 0 Å². The maximum atomic E-state index is 13.2. The minimum Gasteiger partial charge on any atom is -0.207 e. The van der Waals surface area contributed by atoms with Crippen molar-refractivity contribution in [1.29, 1.82) is 5.26 Å². The summed E-state index contributed by atoms with van der Waals surface area (Å²) < 4.78 is 12.8. The van der Waals surface area contributed by atoms with E-state index in [1.165, 1.54) is 23.9 Å². The summed E-state index contributed by atoms with van der Waals surface area (Å²) in [5, 5.41) is 9.43. The maximum Gasteiger partial charge on any atom is 0.124 e. The van der Waals surface area contributed by atoms with Gasteiger partial charge in [-0.2, -0.15) is 5.26 Å². The Balaban J connectivity index is 2.11. The van der Waals surface area contributed by atoms with Crippen LogP contribution in [0.1, 0.15) is 39.5 Å². The van der Waals surface area contributed by atoms with Gasteiger partial charge in [0.15, 0.2) is 0 Å². The Kier molecular flexibility index (Phi) is 3.68. The molecule has 1 fully saturated rings. The molecular formula is C15H18FNS. The average molecular weight is 263 g/mol. The van der Waals surface area contributed by atoms with Crippen LogP contribution in [0.25, 0.3) is 0 Å². The highest BCUT2D eigenvalue weighted by atomic mass is 32.2. The van der Waals surface area contributed by atoms with Gasteiger partial charge in [-0.05, 0) is 36.5 Å². The van der Waals surface area contributed by atoms with Gasteiger partial charge in [0.1, 0.15) is 10.6 Å². The van der Waals surface area contributed by atoms with E-state index < -0.39 is 0 Å². The molecule has 1 aromatic rings. The van der Waals surface area contributed by atoms with Gasteiger partial charge in [-0.25, -0.2) is 4.39 Å². The van der Waals surface area contributed by atoms with Gasteiger partial charge < -0.3 is 0 Å². The summed E-state index contributed by atoms with van der Waals surface area (Å²) in [4.78, 5) is 0.859. The number of hydrogen-bond donors (Lipinski definition) is 0. The lowest BCUT2D eigenvalue weighted by molar-refractivity contribution is 0.0984. The van der Waals surface area contributed by atoms with Gasteiger partial charge in [0.2, 0.25) is 0 Å². The lowest BCUT2D eigenvalue weighted by Crippen LogP contribution is -2.48. The van der Waals surface area contributed by atoms with E-state index in [2.05, 4.69) is 19.9 Å². The third-order valence-electron chi connectivity index (χ3n) is 4.13. The molecule has 0 N–H and O–H groups in total. The number of rotatable bonds is 4. The summed E-state index contributed by atoms with van der Waals surface area (Å²) in [6.45, 7) is 4.38. The summed E-state index contributed by atoms with van der Waals surface area (Å²) in [5.41, 5.74) is 0.329. The van der Waals surface area contributed by atoms with Crippen molar-refractivity contribution < 1.29 is 4.39 Å². The molecule has 0 atom stereocenters. The van der Waals surface area contributed by atoms with Gasteiger partial charge in [0, 0.05) is 4.90 Å². The normalized spacial score (nSPS) is 19.9. The fourth-order valence-electron chi connectivity index (χ4n) is 2.84. The highest BCUT2D eigenvalue weighted by Gasteiger charge is 2.53. The van der Waals surface area contributed by atoms with Crippen LogP contribution >= 0.6 is 11.8 Å². The van der Waals surface area contributed by atoms with Crippen LogP contribution in [0.4, 0.5) is 4.39 Å². The monoisotopic (exact) mass is 263 g/mol. The molecular weight excluding hydrogens is 245 g/mol. The van der Waals surface area contributed by atoms with Crippen molar-refractivity contribution in [2.45, 2.75) is 49.2 Å². The van der Waals surface area contributed by atoms with Crippen molar-refractivity contribution in [3.05, 3.63) is 30.1 Å². The zero-order valence-electron chi connectivity index (χ0n) is 10.9. The van der Waals surface area contributed by atoms with Crippen LogP contribution in [0, 0.1) is 22.6 Å². The van der Waals surface area contributed by atoms with E-state index in [1.54, 1.807) is 6.07 Å². The van der Waals surface area contributed by atoms with Crippen molar-refractivity contribution in [2.24, 2.45) is 5.41 Å². The standard InChI is InChI=1S/C15H18FNS/c1-3-14(4-2)9-15(10-14,11-17)18-13-7-5-6-12(16)8-13/h5-8H,3-4,9-10H2,1-2H3. The predicted molar refractivity (Wildman–Crippen MR) is 72.9 cm³/mol. The van der Waals surface area contributed by atoms with Crippen LogP contribution in [-0.2, 0) is 0 Å². The Labute approximate surface area is 112 Å². The van der Waals surface area contributed by atoms with Crippen LogP contribution in [0.2, 0.25) is 0 Å². The molecule has 0 spiro atoms. The Morgan fingerprint density at radius 2 is 2.00 bits per heavy atom. The SMILES string of the molecule is CCC1(CC)CC(C#N)(Sc2cccc(F)c2)C1. The summed E-state index contributed by atoms with van der Waals surface area (Å²) in [6.07, 6.45) is 4.09. The molecule has 0 aliphatic heterocycles. The number of thioether (sulfide) groups is 1. The largest absolute Gasteiger partial charge is 0.207 e. The molecule has 1 nitrogen and oxygen atoms in total. The van der Waals surface area contributed by atoms with Crippen molar-refractivity contribution in [3.8, 4) is 6.07 Å². The molecule has 1 aliphatic rings. The van der Waals surface area contributed by atoms with Gasteiger partial charge in [-0.1, -0.05) is 32.8 Å². The zero-order valence-corrected chi connectivity index (χ0v) is 11.7. The smallest absolute Gasteiger partial charge is 0.124 e. The molecule has 0 saturated heterocycles. The lowest BCUT2D eigenvalue weighted by Gasteiger charge is -2.52. The fourth-order valence-corrected chi connectivity index (χ4v) is 4.41. The fraction of sp³-hybridized carbons (Fsp3) is 0.533. The maximum absolute atomic E-state index is 13.2. The van der Waals surface area contributed by atoms with Crippen molar-refractivity contribution in [2.75, 3.05) is 0 Å². The molecule has 3 heteroatoms. The van der Waals surface area contributed by atoms with Crippen LogP contribution < -0.4 is 0 Å². The zero-order chi connectivity index (χ0) is 13.2. The highest BCUT2D eigenvalue weighted by Crippen LogP contribution is 2.60. The van der Waals surface area contributed by atoms with Crippen LogP contribution in [0.3, 0.4) is 0 Å². The second-order valence-electron chi connectivity index (χ2n) is 5.23. The number of halogens is 1. The molecule has 18 heavy (non-hydrogen) atoms. The Morgan fingerprint density at radius 1 is 1.33 bits per heavy atom. The van der Waals surface area contributed by atoms with E-state index >= 15 is 0 Å².